The Hall–Kier alpha value is -0.540. The van der Waals surface area contributed by atoms with E-state index in [0.29, 0.717) is 31.7 Å². The van der Waals surface area contributed by atoms with Crippen molar-refractivity contribution in [2.24, 2.45) is 0 Å². The molecule has 1 aromatic carbocycles. The molecule has 100 valence electrons. The van der Waals surface area contributed by atoms with E-state index in [0.717, 1.165) is 18.4 Å². The van der Waals surface area contributed by atoms with E-state index in [2.05, 4.69) is 9.97 Å². The van der Waals surface area contributed by atoms with Gasteiger partial charge < -0.3 is 0 Å². The van der Waals surface area contributed by atoms with E-state index in [-0.39, 0.29) is 0 Å². The van der Waals surface area contributed by atoms with Gasteiger partial charge in [-0.15, -0.1) is 0 Å². The van der Waals surface area contributed by atoms with Gasteiger partial charge in [-0.25, -0.2) is 9.97 Å². The van der Waals surface area contributed by atoms with Crippen molar-refractivity contribution in [3.63, 3.8) is 0 Å². The zero-order valence-corrected chi connectivity index (χ0v) is 13.1. The van der Waals surface area contributed by atoms with E-state index in [1.165, 1.54) is 0 Å². The average Bonchev–Trinajstić information content (AvgIpc) is 2.33. The fourth-order valence-electron chi connectivity index (χ4n) is 1.68. The van der Waals surface area contributed by atoms with Crippen molar-refractivity contribution in [1.29, 1.82) is 0 Å². The van der Waals surface area contributed by atoms with E-state index in [1.807, 2.05) is 6.92 Å². The second-order valence-electron chi connectivity index (χ2n) is 3.98. The van der Waals surface area contributed by atoms with Crippen LogP contribution in [0.1, 0.15) is 18.9 Å². The molecular weight excluding hydrogens is 326 g/mol. The predicted octanol–water partition coefficient (Wildman–Crippen LogP) is 5.71. The standard InChI is InChI=1S/C13H10Cl4N2/c1-2-3-9-11(16)18-13(19-12(9)17)8-5-4-7(14)6-10(8)15/h4-6H,2-3H2,1H3. The van der Waals surface area contributed by atoms with Gasteiger partial charge in [0.2, 0.25) is 0 Å². The van der Waals surface area contributed by atoms with Crippen LogP contribution in [-0.4, -0.2) is 9.97 Å². The number of hydrogen-bond donors (Lipinski definition) is 0. The summed E-state index contributed by atoms with van der Waals surface area (Å²) in [5.74, 6) is 0.400. The molecule has 19 heavy (non-hydrogen) atoms. The SMILES string of the molecule is CCCc1c(Cl)nc(-c2ccc(Cl)cc2Cl)nc1Cl. The van der Waals surface area contributed by atoms with Crippen LogP contribution in [-0.2, 0) is 6.42 Å². The molecule has 6 heteroatoms. The maximum Gasteiger partial charge on any atom is 0.164 e. The molecule has 0 atom stereocenters. The molecular formula is C13H10Cl4N2. The van der Waals surface area contributed by atoms with E-state index >= 15 is 0 Å². The molecule has 0 bridgehead atoms. The molecule has 1 aromatic heterocycles. The first-order valence-electron chi connectivity index (χ1n) is 5.70. The third kappa shape index (κ3) is 3.32. The Morgan fingerprint density at radius 3 is 2.16 bits per heavy atom. The third-order valence-corrected chi connectivity index (χ3v) is 3.75. The first-order chi connectivity index (χ1) is 9.02. The lowest BCUT2D eigenvalue weighted by molar-refractivity contribution is 0.903. The quantitative estimate of drug-likeness (QED) is 0.671. The Balaban J connectivity index is 2.52. The van der Waals surface area contributed by atoms with Gasteiger partial charge in [0.1, 0.15) is 10.3 Å². The summed E-state index contributed by atoms with van der Waals surface area (Å²) in [4.78, 5) is 8.51. The number of aromatic nitrogens is 2. The second-order valence-corrected chi connectivity index (χ2v) is 5.54. The molecule has 0 amide bonds. The van der Waals surface area contributed by atoms with Gasteiger partial charge in [0.15, 0.2) is 5.82 Å². The lowest BCUT2D eigenvalue weighted by Gasteiger charge is -2.08. The minimum atomic E-state index is 0.364. The number of halogens is 4. The molecule has 2 rings (SSSR count). The van der Waals surface area contributed by atoms with Gasteiger partial charge in [-0.2, -0.15) is 0 Å². The van der Waals surface area contributed by atoms with Gasteiger partial charge in [-0.3, -0.25) is 0 Å². The first-order valence-corrected chi connectivity index (χ1v) is 7.21. The Labute approximate surface area is 131 Å². The van der Waals surface area contributed by atoms with E-state index in [1.54, 1.807) is 18.2 Å². The lowest BCUT2D eigenvalue weighted by Crippen LogP contribution is -1.98. The summed E-state index contributed by atoms with van der Waals surface area (Å²) < 4.78 is 0. The second kappa shape index (κ2) is 6.27. The highest BCUT2D eigenvalue weighted by molar-refractivity contribution is 6.37. The van der Waals surface area contributed by atoms with Crippen LogP contribution in [0.5, 0.6) is 0 Å². The Morgan fingerprint density at radius 1 is 1.00 bits per heavy atom. The van der Waals surface area contributed by atoms with Crippen molar-refractivity contribution in [1.82, 2.24) is 9.97 Å². The van der Waals surface area contributed by atoms with Gasteiger partial charge in [0, 0.05) is 16.1 Å². The van der Waals surface area contributed by atoms with Crippen molar-refractivity contribution in [2.75, 3.05) is 0 Å². The van der Waals surface area contributed by atoms with E-state index < -0.39 is 0 Å². The van der Waals surface area contributed by atoms with Crippen LogP contribution in [0.2, 0.25) is 20.4 Å². The summed E-state index contributed by atoms with van der Waals surface area (Å²) in [5, 5.41) is 1.74. The van der Waals surface area contributed by atoms with Gasteiger partial charge in [0.25, 0.3) is 0 Å². The molecule has 2 aromatic rings. The van der Waals surface area contributed by atoms with Gasteiger partial charge in [-0.05, 0) is 24.6 Å². The lowest BCUT2D eigenvalue weighted by atomic mass is 10.2. The molecule has 0 aliphatic rings. The van der Waals surface area contributed by atoms with Crippen molar-refractivity contribution in [3.05, 3.63) is 44.1 Å². The summed E-state index contributed by atoms with van der Waals surface area (Å²) in [6, 6.07) is 5.09. The molecule has 0 saturated heterocycles. The van der Waals surface area contributed by atoms with Crippen molar-refractivity contribution >= 4 is 46.4 Å². The smallest absolute Gasteiger partial charge is 0.164 e. The first kappa shape index (κ1) is 14.9. The molecule has 0 spiro atoms. The monoisotopic (exact) mass is 334 g/mol. The van der Waals surface area contributed by atoms with Crippen molar-refractivity contribution in [3.8, 4) is 11.4 Å². The molecule has 0 unspecified atom stereocenters. The van der Waals surface area contributed by atoms with Gasteiger partial charge in [-0.1, -0.05) is 59.7 Å². The van der Waals surface area contributed by atoms with Crippen LogP contribution in [0.3, 0.4) is 0 Å². The minimum absolute atomic E-state index is 0.364. The number of benzene rings is 1. The largest absolute Gasteiger partial charge is 0.216 e. The predicted molar refractivity (Wildman–Crippen MR) is 81.5 cm³/mol. The number of hydrogen-bond acceptors (Lipinski definition) is 2. The number of rotatable bonds is 3. The van der Waals surface area contributed by atoms with Crippen LogP contribution >= 0.6 is 46.4 Å². The van der Waals surface area contributed by atoms with Crippen molar-refractivity contribution < 1.29 is 0 Å². The topological polar surface area (TPSA) is 25.8 Å². The van der Waals surface area contributed by atoms with E-state index in [9.17, 15) is 0 Å². The van der Waals surface area contributed by atoms with Gasteiger partial charge >= 0.3 is 0 Å². The molecule has 0 N–H and O–H groups in total. The summed E-state index contributed by atoms with van der Waals surface area (Å²) in [5.41, 5.74) is 1.41. The Kier molecular flexibility index (Phi) is 4.91. The molecule has 0 fully saturated rings. The maximum atomic E-state index is 6.14. The minimum Gasteiger partial charge on any atom is -0.216 e. The Bertz CT molecular complexity index is 591. The Morgan fingerprint density at radius 2 is 1.63 bits per heavy atom. The summed E-state index contributed by atoms with van der Waals surface area (Å²) in [6.07, 6.45) is 1.66. The van der Waals surface area contributed by atoms with Crippen LogP contribution in [0.4, 0.5) is 0 Å². The fourth-order valence-corrected chi connectivity index (χ4v) is 2.75. The maximum absolute atomic E-state index is 6.14. The van der Waals surface area contributed by atoms with E-state index in [4.69, 9.17) is 46.4 Å². The van der Waals surface area contributed by atoms with Crippen LogP contribution in [0.15, 0.2) is 18.2 Å². The third-order valence-electron chi connectivity index (χ3n) is 2.58. The van der Waals surface area contributed by atoms with Crippen LogP contribution in [0, 0.1) is 0 Å². The molecule has 0 aliphatic carbocycles. The fraction of sp³-hybridized carbons (Fsp3) is 0.231. The van der Waals surface area contributed by atoms with Crippen molar-refractivity contribution in [2.45, 2.75) is 19.8 Å². The van der Waals surface area contributed by atoms with Gasteiger partial charge in [0.05, 0.1) is 5.02 Å². The molecule has 1 heterocycles. The molecule has 0 radical (unpaired) electrons. The zero-order chi connectivity index (χ0) is 14.0. The highest BCUT2D eigenvalue weighted by atomic mass is 35.5. The summed E-state index contributed by atoms with van der Waals surface area (Å²) >= 11 is 24.3. The molecule has 0 aliphatic heterocycles. The molecule has 0 saturated carbocycles. The average molecular weight is 336 g/mol. The highest BCUT2D eigenvalue weighted by Gasteiger charge is 2.14. The number of nitrogens with zero attached hydrogens (tertiary/aromatic N) is 2. The van der Waals surface area contributed by atoms with Crippen LogP contribution < -0.4 is 0 Å². The molecule has 2 nitrogen and oxygen atoms in total. The zero-order valence-electron chi connectivity index (χ0n) is 10.1. The summed E-state index contributed by atoms with van der Waals surface area (Å²) in [6.45, 7) is 2.04. The highest BCUT2D eigenvalue weighted by Crippen LogP contribution is 2.31. The summed E-state index contributed by atoms with van der Waals surface area (Å²) in [7, 11) is 0. The van der Waals surface area contributed by atoms with Crippen LogP contribution in [0.25, 0.3) is 11.4 Å². The normalized spacial score (nSPS) is 10.8.